The molecule has 2 rings (SSSR count). The summed E-state index contributed by atoms with van der Waals surface area (Å²) in [5, 5.41) is 0.749. The zero-order valence-corrected chi connectivity index (χ0v) is 15.5. The maximum Gasteiger partial charge on any atom is 0.242 e. The summed E-state index contributed by atoms with van der Waals surface area (Å²) < 4.78 is 28.7. The Morgan fingerprint density at radius 1 is 1.35 bits per heavy atom. The van der Waals surface area contributed by atoms with E-state index in [1.807, 2.05) is 6.92 Å². The number of nitrogens with one attached hydrogen (secondary N) is 1. The van der Waals surface area contributed by atoms with Crippen molar-refractivity contribution in [3.63, 3.8) is 0 Å². The van der Waals surface area contributed by atoms with Gasteiger partial charge in [-0.3, -0.25) is 0 Å². The highest BCUT2D eigenvalue weighted by Gasteiger charge is 2.22. The fourth-order valence-electron chi connectivity index (χ4n) is 1.61. The van der Waals surface area contributed by atoms with E-state index in [1.54, 1.807) is 31.3 Å². The molecule has 1 N–H and O–H groups in total. The topological polar surface area (TPSA) is 59.1 Å². The average Bonchev–Trinajstić information content (AvgIpc) is 2.74. The summed E-state index contributed by atoms with van der Waals surface area (Å²) in [5.74, 6) is 0. The number of hydrogen-bond acceptors (Lipinski definition) is 4. The Labute approximate surface area is 138 Å². The van der Waals surface area contributed by atoms with Crippen molar-refractivity contribution in [3.05, 3.63) is 43.2 Å². The van der Waals surface area contributed by atoms with E-state index in [2.05, 4.69) is 41.6 Å². The summed E-state index contributed by atoms with van der Waals surface area (Å²) in [4.78, 5) is 5.46. The van der Waals surface area contributed by atoms with Gasteiger partial charge in [-0.25, -0.2) is 18.1 Å². The Balaban J connectivity index is 2.27. The monoisotopic (exact) mass is 438 g/mol. The minimum absolute atomic E-state index is 0.209. The molecular formula is C12H12Br2N2O2S2. The summed E-state index contributed by atoms with van der Waals surface area (Å²) in [6.45, 7) is 3.72. The standard InChI is InChI=1S/C12H12Br2N2O2S2/c1-7-6-15-12(19-7)8(2)16-20(17,18)11-4-3-9(13)5-10(11)14/h3-6,8,16H,1-2H3. The molecule has 0 aliphatic carbocycles. The maximum absolute atomic E-state index is 12.4. The minimum atomic E-state index is -3.60. The van der Waals surface area contributed by atoms with Crippen molar-refractivity contribution < 1.29 is 8.42 Å². The van der Waals surface area contributed by atoms with Crippen LogP contribution < -0.4 is 4.72 Å². The van der Waals surface area contributed by atoms with E-state index in [9.17, 15) is 8.42 Å². The third kappa shape index (κ3) is 3.67. The van der Waals surface area contributed by atoms with E-state index < -0.39 is 10.0 Å². The highest BCUT2D eigenvalue weighted by molar-refractivity contribution is 9.11. The number of aromatic nitrogens is 1. The molecule has 0 amide bonds. The van der Waals surface area contributed by atoms with Crippen LogP contribution in [0.1, 0.15) is 22.9 Å². The summed E-state index contributed by atoms with van der Waals surface area (Å²) in [7, 11) is -3.60. The van der Waals surface area contributed by atoms with Gasteiger partial charge in [0.15, 0.2) is 0 Å². The van der Waals surface area contributed by atoms with Gasteiger partial charge in [0.25, 0.3) is 0 Å². The molecule has 1 atom stereocenters. The molecular weight excluding hydrogens is 428 g/mol. The quantitative estimate of drug-likeness (QED) is 0.782. The zero-order chi connectivity index (χ0) is 14.9. The van der Waals surface area contributed by atoms with Gasteiger partial charge >= 0.3 is 0 Å². The van der Waals surface area contributed by atoms with Crippen molar-refractivity contribution in [3.8, 4) is 0 Å². The maximum atomic E-state index is 12.4. The third-order valence-corrected chi connectivity index (χ3v) is 6.63. The normalized spacial score (nSPS) is 13.4. The van der Waals surface area contributed by atoms with E-state index >= 15 is 0 Å². The Kier molecular flexibility index (Phi) is 5.01. The van der Waals surface area contributed by atoms with Gasteiger partial charge in [0, 0.05) is 20.0 Å². The van der Waals surface area contributed by atoms with Crippen LogP contribution in [0.25, 0.3) is 0 Å². The molecule has 0 spiro atoms. The number of hydrogen-bond donors (Lipinski definition) is 1. The fraction of sp³-hybridized carbons (Fsp3) is 0.250. The number of benzene rings is 1. The second-order valence-corrected chi connectivity index (χ2v) is 8.95. The Hall–Kier alpha value is -0.280. The molecule has 20 heavy (non-hydrogen) atoms. The first kappa shape index (κ1) is 16.1. The molecule has 0 bridgehead atoms. The molecule has 1 aromatic heterocycles. The molecule has 2 aromatic rings. The van der Waals surface area contributed by atoms with Gasteiger partial charge in [-0.2, -0.15) is 0 Å². The van der Waals surface area contributed by atoms with Crippen LogP contribution in [0.3, 0.4) is 0 Å². The van der Waals surface area contributed by atoms with Crippen LogP contribution in [-0.4, -0.2) is 13.4 Å². The molecule has 0 aliphatic heterocycles. The van der Waals surface area contributed by atoms with Gasteiger partial charge in [0.2, 0.25) is 10.0 Å². The smallest absolute Gasteiger partial charge is 0.242 e. The van der Waals surface area contributed by atoms with Crippen molar-refractivity contribution in [2.75, 3.05) is 0 Å². The third-order valence-electron chi connectivity index (χ3n) is 2.52. The van der Waals surface area contributed by atoms with Gasteiger partial charge in [-0.1, -0.05) is 15.9 Å². The summed E-state index contributed by atoms with van der Waals surface area (Å²) >= 11 is 8.05. The zero-order valence-electron chi connectivity index (χ0n) is 10.7. The van der Waals surface area contributed by atoms with Crippen molar-refractivity contribution in [2.24, 2.45) is 0 Å². The fourth-order valence-corrected chi connectivity index (χ4v) is 5.42. The van der Waals surface area contributed by atoms with Crippen molar-refractivity contribution in [1.82, 2.24) is 9.71 Å². The van der Waals surface area contributed by atoms with Crippen LogP contribution in [0.4, 0.5) is 0 Å². The predicted molar refractivity (Wildman–Crippen MR) is 87.4 cm³/mol. The molecule has 0 radical (unpaired) electrons. The number of sulfonamides is 1. The molecule has 1 heterocycles. The van der Waals surface area contributed by atoms with Gasteiger partial charge in [-0.05, 0) is 48.0 Å². The minimum Gasteiger partial charge on any atom is -0.248 e. The second kappa shape index (κ2) is 6.23. The highest BCUT2D eigenvalue weighted by atomic mass is 79.9. The molecule has 0 aliphatic rings. The molecule has 0 saturated heterocycles. The van der Waals surface area contributed by atoms with Crippen LogP contribution in [0, 0.1) is 6.92 Å². The van der Waals surface area contributed by atoms with E-state index in [-0.39, 0.29) is 10.9 Å². The Bertz CT molecular complexity index is 729. The molecule has 0 saturated carbocycles. The molecule has 0 fully saturated rings. The van der Waals surface area contributed by atoms with Gasteiger partial charge in [0.1, 0.15) is 5.01 Å². The van der Waals surface area contributed by atoms with Crippen molar-refractivity contribution >= 4 is 53.2 Å². The largest absolute Gasteiger partial charge is 0.248 e. The molecule has 4 nitrogen and oxygen atoms in total. The highest BCUT2D eigenvalue weighted by Crippen LogP contribution is 2.27. The Morgan fingerprint density at radius 3 is 2.60 bits per heavy atom. The molecule has 8 heteroatoms. The first-order chi connectivity index (χ1) is 9.29. The Morgan fingerprint density at radius 2 is 2.05 bits per heavy atom. The van der Waals surface area contributed by atoms with Crippen LogP contribution in [0.5, 0.6) is 0 Å². The van der Waals surface area contributed by atoms with E-state index in [1.165, 1.54) is 11.3 Å². The average molecular weight is 440 g/mol. The number of halogens is 2. The summed E-state index contributed by atoms with van der Waals surface area (Å²) in [6.07, 6.45) is 1.74. The molecule has 1 unspecified atom stereocenters. The van der Waals surface area contributed by atoms with Gasteiger partial charge in [0.05, 0.1) is 10.9 Å². The number of nitrogens with zero attached hydrogens (tertiary/aromatic N) is 1. The lowest BCUT2D eigenvalue weighted by Crippen LogP contribution is -2.27. The van der Waals surface area contributed by atoms with Gasteiger partial charge < -0.3 is 0 Å². The first-order valence-electron chi connectivity index (χ1n) is 5.69. The lowest BCUT2D eigenvalue weighted by atomic mass is 10.4. The number of rotatable bonds is 4. The lowest BCUT2D eigenvalue weighted by Gasteiger charge is -2.13. The lowest BCUT2D eigenvalue weighted by molar-refractivity contribution is 0.566. The predicted octanol–water partition coefficient (Wildman–Crippen LogP) is 4.02. The van der Waals surface area contributed by atoms with Crippen LogP contribution >= 0.6 is 43.2 Å². The van der Waals surface area contributed by atoms with E-state index in [0.29, 0.717) is 4.47 Å². The second-order valence-electron chi connectivity index (χ2n) is 4.23. The first-order valence-corrected chi connectivity index (χ1v) is 9.58. The number of thiazole rings is 1. The van der Waals surface area contributed by atoms with Crippen LogP contribution in [-0.2, 0) is 10.0 Å². The van der Waals surface area contributed by atoms with Crippen molar-refractivity contribution in [1.29, 1.82) is 0 Å². The molecule has 1 aromatic carbocycles. The van der Waals surface area contributed by atoms with Crippen LogP contribution in [0.2, 0.25) is 0 Å². The molecule has 108 valence electrons. The summed E-state index contributed by atoms with van der Waals surface area (Å²) in [5.41, 5.74) is 0. The number of aryl methyl sites for hydroxylation is 1. The summed E-state index contributed by atoms with van der Waals surface area (Å²) in [6, 6.07) is 4.58. The van der Waals surface area contributed by atoms with E-state index in [4.69, 9.17) is 0 Å². The SMILES string of the molecule is Cc1cnc(C(C)NS(=O)(=O)c2ccc(Br)cc2Br)s1. The van der Waals surface area contributed by atoms with Gasteiger partial charge in [-0.15, -0.1) is 11.3 Å². The van der Waals surface area contributed by atoms with Crippen LogP contribution in [0.15, 0.2) is 38.2 Å². The van der Waals surface area contributed by atoms with Crippen molar-refractivity contribution in [2.45, 2.75) is 24.8 Å². The van der Waals surface area contributed by atoms with E-state index in [0.717, 1.165) is 14.4 Å².